The van der Waals surface area contributed by atoms with E-state index in [1.807, 2.05) is 6.92 Å². The smallest absolute Gasteiger partial charge is 0.282 e. The fraction of sp³-hybridized carbons (Fsp3) is 1.00. The predicted molar refractivity (Wildman–Crippen MR) is 65.8 cm³/mol. The molecule has 0 aliphatic heterocycles. The number of hydrogen-bond acceptors (Lipinski definition) is 4. The number of nitrogens with one attached hydrogen (secondary N) is 1. The van der Waals surface area contributed by atoms with Gasteiger partial charge in [0.25, 0.3) is 5.92 Å². The molecule has 18 heavy (non-hydrogen) atoms. The lowest BCUT2D eigenvalue weighted by atomic mass is 10.1. The molecule has 3 N–H and O–H groups in total. The Morgan fingerprint density at radius 3 is 2.39 bits per heavy atom. The maximum Gasteiger partial charge on any atom is 0.282 e. The molecule has 6 heteroatoms. The van der Waals surface area contributed by atoms with Crippen LogP contribution in [0.5, 0.6) is 0 Å². The van der Waals surface area contributed by atoms with E-state index in [1.54, 1.807) is 0 Å². The van der Waals surface area contributed by atoms with Gasteiger partial charge in [-0.1, -0.05) is 13.8 Å². The Hall–Kier alpha value is -0.300. The van der Waals surface area contributed by atoms with E-state index in [2.05, 4.69) is 19.2 Å². The third-order valence-electron chi connectivity index (χ3n) is 2.37. The largest absolute Gasteiger partial charge is 0.390 e. The molecule has 0 aliphatic carbocycles. The summed E-state index contributed by atoms with van der Waals surface area (Å²) in [5.74, 6) is -2.63. The van der Waals surface area contributed by atoms with Gasteiger partial charge in [-0.15, -0.1) is 0 Å². The normalized spacial score (nSPS) is 16.0. The summed E-state index contributed by atoms with van der Waals surface area (Å²) in [5.41, 5.74) is 0. The second-order valence-corrected chi connectivity index (χ2v) is 5.07. The number of alkyl halides is 2. The molecule has 0 heterocycles. The number of rotatable bonds is 10. The number of aliphatic hydroxyl groups is 2. The van der Waals surface area contributed by atoms with Gasteiger partial charge in [0.2, 0.25) is 0 Å². The van der Waals surface area contributed by atoms with Crippen LogP contribution < -0.4 is 5.32 Å². The monoisotopic (exact) mass is 269 g/mol. The summed E-state index contributed by atoms with van der Waals surface area (Å²) in [7, 11) is 0. The van der Waals surface area contributed by atoms with E-state index in [4.69, 9.17) is 9.84 Å². The van der Waals surface area contributed by atoms with Crippen molar-refractivity contribution in [1.82, 2.24) is 5.32 Å². The molecule has 0 spiro atoms. The van der Waals surface area contributed by atoms with Gasteiger partial charge in [-0.05, 0) is 19.3 Å². The minimum Gasteiger partial charge on any atom is -0.390 e. The van der Waals surface area contributed by atoms with Gasteiger partial charge in [0.15, 0.2) is 0 Å². The quantitative estimate of drug-likeness (QED) is 0.554. The molecule has 2 atom stereocenters. The van der Waals surface area contributed by atoms with E-state index in [9.17, 15) is 13.9 Å². The summed E-state index contributed by atoms with van der Waals surface area (Å²) in [6, 6.07) is 0. The molecule has 0 aromatic carbocycles. The zero-order valence-electron chi connectivity index (χ0n) is 11.3. The Labute approximate surface area is 107 Å². The van der Waals surface area contributed by atoms with E-state index in [0.29, 0.717) is 5.92 Å². The summed E-state index contributed by atoms with van der Waals surface area (Å²) >= 11 is 0. The first-order chi connectivity index (χ1) is 8.26. The summed E-state index contributed by atoms with van der Waals surface area (Å²) < 4.78 is 30.7. The van der Waals surface area contributed by atoms with Gasteiger partial charge in [-0.2, -0.15) is 0 Å². The summed E-state index contributed by atoms with van der Waals surface area (Å²) in [4.78, 5) is 0. The number of aliphatic hydroxyl groups excluding tert-OH is 2. The molecule has 0 fully saturated rings. The van der Waals surface area contributed by atoms with Gasteiger partial charge >= 0.3 is 0 Å². The van der Waals surface area contributed by atoms with Gasteiger partial charge < -0.3 is 20.3 Å². The molecule has 110 valence electrons. The summed E-state index contributed by atoms with van der Waals surface area (Å²) in [6.45, 7) is 4.36. The molecule has 0 rings (SSSR count). The molecule has 0 aliphatic rings. The molecule has 0 aromatic heterocycles. The second-order valence-electron chi connectivity index (χ2n) is 5.07. The van der Waals surface area contributed by atoms with Crippen LogP contribution in [0.4, 0.5) is 8.78 Å². The topological polar surface area (TPSA) is 61.7 Å². The molecule has 0 bridgehead atoms. The van der Waals surface area contributed by atoms with Gasteiger partial charge in [0.05, 0.1) is 25.4 Å². The van der Waals surface area contributed by atoms with E-state index in [-0.39, 0.29) is 19.3 Å². The van der Waals surface area contributed by atoms with Crippen molar-refractivity contribution in [2.24, 2.45) is 5.92 Å². The van der Waals surface area contributed by atoms with Gasteiger partial charge in [0, 0.05) is 6.54 Å². The number of ether oxygens (including phenoxy) is 1. The fourth-order valence-corrected chi connectivity index (χ4v) is 1.54. The Bertz CT molecular complexity index is 215. The van der Waals surface area contributed by atoms with Crippen LogP contribution in [0, 0.1) is 5.92 Å². The van der Waals surface area contributed by atoms with Gasteiger partial charge in [-0.3, -0.25) is 0 Å². The Morgan fingerprint density at radius 1 is 1.28 bits per heavy atom. The van der Waals surface area contributed by atoms with E-state index in [1.165, 1.54) is 0 Å². The van der Waals surface area contributed by atoms with Crippen LogP contribution in [0.3, 0.4) is 0 Å². The Morgan fingerprint density at radius 2 is 1.89 bits per heavy atom. The highest BCUT2D eigenvalue weighted by Gasteiger charge is 2.27. The first-order valence-corrected chi connectivity index (χ1v) is 6.26. The molecule has 0 radical (unpaired) electrons. The Balaban J connectivity index is 3.63. The van der Waals surface area contributed by atoms with Crippen LogP contribution in [-0.2, 0) is 4.74 Å². The molecular formula is C12H25F2NO3. The van der Waals surface area contributed by atoms with Crippen molar-refractivity contribution < 1.29 is 23.7 Å². The lowest BCUT2D eigenvalue weighted by Gasteiger charge is -2.19. The van der Waals surface area contributed by atoms with Crippen LogP contribution in [0.1, 0.15) is 27.2 Å². The maximum absolute atomic E-state index is 12.6. The average Bonchev–Trinajstić information content (AvgIpc) is 2.25. The van der Waals surface area contributed by atoms with Crippen molar-refractivity contribution in [1.29, 1.82) is 0 Å². The fourth-order valence-electron chi connectivity index (χ4n) is 1.54. The van der Waals surface area contributed by atoms with Crippen molar-refractivity contribution in [2.75, 3.05) is 26.3 Å². The first-order valence-electron chi connectivity index (χ1n) is 6.26. The minimum absolute atomic E-state index is 0.0178. The summed E-state index contributed by atoms with van der Waals surface area (Å²) in [5, 5.41) is 20.2. The number of hydrogen-bond donors (Lipinski definition) is 3. The van der Waals surface area contributed by atoms with Crippen LogP contribution in [0.2, 0.25) is 0 Å². The molecule has 0 aromatic rings. The van der Waals surface area contributed by atoms with Gasteiger partial charge in [0.1, 0.15) is 6.61 Å². The zero-order chi connectivity index (χ0) is 14.2. The highest BCUT2D eigenvalue weighted by Crippen LogP contribution is 2.10. The average molecular weight is 269 g/mol. The first kappa shape index (κ1) is 17.7. The van der Waals surface area contributed by atoms with Crippen LogP contribution >= 0.6 is 0 Å². The van der Waals surface area contributed by atoms with E-state index < -0.39 is 25.2 Å². The minimum atomic E-state index is -3.15. The van der Waals surface area contributed by atoms with Crippen LogP contribution in [-0.4, -0.2) is 54.6 Å². The van der Waals surface area contributed by atoms with Gasteiger partial charge in [-0.25, -0.2) is 8.78 Å². The molecule has 0 saturated heterocycles. The molecule has 4 nitrogen and oxygen atoms in total. The SMILES string of the molecule is CC(C)CC(C)OCC(O)CNCC(F)(F)CO. The molecule has 2 unspecified atom stereocenters. The molecule has 0 amide bonds. The maximum atomic E-state index is 12.6. The second kappa shape index (κ2) is 8.74. The third kappa shape index (κ3) is 9.70. The Kier molecular flexibility index (Phi) is 8.60. The lowest BCUT2D eigenvalue weighted by molar-refractivity contribution is -0.0519. The van der Waals surface area contributed by atoms with Crippen molar-refractivity contribution >= 4 is 0 Å². The summed E-state index contributed by atoms with van der Waals surface area (Å²) in [6.07, 6.45) is 0.107. The van der Waals surface area contributed by atoms with Crippen LogP contribution in [0.25, 0.3) is 0 Å². The van der Waals surface area contributed by atoms with Crippen molar-refractivity contribution in [2.45, 2.75) is 45.3 Å². The standard InChI is InChI=1S/C12H25F2NO3/c1-9(2)4-10(3)18-6-11(17)5-15-7-12(13,14)8-16/h9-11,15-17H,4-8H2,1-3H3. The van der Waals surface area contributed by atoms with Crippen molar-refractivity contribution in [3.63, 3.8) is 0 Å². The lowest BCUT2D eigenvalue weighted by Crippen LogP contribution is -2.40. The highest BCUT2D eigenvalue weighted by atomic mass is 19.3. The van der Waals surface area contributed by atoms with Crippen molar-refractivity contribution in [3.05, 3.63) is 0 Å². The zero-order valence-corrected chi connectivity index (χ0v) is 11.3. The van der Waals surface area contributed by atoms with E-state index in [0.717, 1.165) is 6.42 Å². The molecular weight excluding hydrogens is 244 g/mol. The third-order valence-corrected chi connectivity index (χ3v) is 2.37. The predicted octanol–water partition coefficient (Wildman–Crippen LogP) is 1.02. The van der Waals surface area contributed by atoms with Crippen molar-refractivity contribution in [3.8, 4) is 0 Å². The number of halogens is 2. The van der Waals surface area contributed by atoms with E-state index >= 15 is 0 Å². The highest BCUT2D eigenvalue weighted by molar-refractivity contribution is 4.69. The van der Waals surface area contributed by atoms with Crippen LogP contribution in [0.15, 0.2) is 0 Å². The molecule has 0 saturated carbocycles.